The second-order valence-electron chi connectivity index (χ2n) is 6.51. The van der Waals surface area contributed by atoms with Crippen molar-refractivity contribution in [2.45, 2.75) is 82.9 Å². The Balaban J connectivity index is 1.77. The van der Waals surface area contributed by atoms with Crippen molar-refractivity contribution in [3.05, 3.63) is 0 Å². The zero-order valence-electron chi connectivity index (χ0n) is 12.6. The lowest BCUT2D eigenvalue weighted by molar-refractivity contribution is -0.161. The number of carbonyl (C=O) groups excluding carboxylic acids is 1. The van der Waals surface area contributed by atoms with Gasteiger partial charge in [0.1, 0.15) is 18.4 Å². The van der Waals surface area contributed by atoms with Crippen LogP contribution >= 0.6 is 0 Å². The highest BCUT2D eigenvalue weighted by Gasteiger charge is 2.41. The molecule has 2 unspecified atom stereocenters. The predicted octanol–water partition coefficient (Wildman–Crippen LogP) is 4.31. The van der Waals surface area contributed by atoms with Crippen LogP contribution in [0.4, 0.5) is 13.2 Å². The van der Waals surface area contributed by atoms with Gasteiger partial charge in [-0.3, -0.25) is 4.79 Å². The summed E-state index contributed by atoms with van der Waals surface area (Å²) in [5.41, 5.74) is 0. The fourth-order valence-electron chi connectivity index (χ4n) is 3.54. The average molecular weight is 306 g/mol. The van der Waals surface area contributed by atoms with Crippen LogP contribution in [-0.4, -0.2) is 30.6 Å². The minimum absolute atomic E-state index is 0.155. The minimum atomic E-state index is -2.08. The van der Waals surface area contributed by atoms with Crippen molar-refractivity contribution in [1.29, 1.82) is 0 Å². The van der Waals surface area contributed by atoms with Gasteiger partial charge in [0, 0.05) is 12.8 Å². The summed E-state index contributed by atoms with van der Waals surface area (Å²) in [4.78, 5) is 12.1. The van der Waals surface area contributed by atoms with E-state index in [0.717, 1.165) is 32.1 Å². The van der Waals surface area contributed by atoms with E-state index < -0.39 is 24.6 Å². The van der Waals surface area contributed by atoms with Crippen LogP contribution in [0.1, 0.15) is 58.3 Å². The van der Waals surface area contributed by atoms with E-state index in [1.807, 2.05) is 0 Å². The molecule has 2 atom stereocenters. The van der Waals surface area contributed by atoms with Gasteiger partial charge in [-0.05, 0) is 31.6 Å². The van der Waals surface area contributed by atoms with Gasteiger partial charge in [-0.25, -0.2) is 13.2 Å². The van der Waals surface area contributed by atoms with Crippen molar-refractivity contribution in [3.8, 4) is 0 Å². The maximum absolute atomic E-state index is 13.3. The molecule has 0 N–H and O–H groups in total. The third-order valence-corrected chi connectivity index (χ3v) is 4.83. The molecule has 0 spiro atoms. The number of hydrogen-bond acceptors (Lipinski definition) is 2. The van der Waals surface area contributed by atoms with Crippen molar-refractivity contribution in [2.24, 2.45) is 11.8 Å². The van der Waals surface area contributed by atoms with E-state index in [9.17, 15) is 18.0 Å². The van der Waals surface area contributed by atoms with Crippen LogP contribution < -0.4 is 0 Å². The summed E-state index contributed by atoms with van der Waals surface area (Å²) < 4.78 is 44.9. The lowest BCUT2D eigenvalue weighted by Crippen LogP contribution is -2.42. The summed E-state index contributed by atoms with van der Waals surface area (Å²) in [7, 11) is 0. The van der Waals surface area contributed by atoms with E-state index in [1.54, 1.807) is 0 Å². The molecule has 0 aromatic rings. The quantitative estimate of drug-likeness (QED) is 0.723. The first kappa shape index (κ1) is 16.6. The van der Waals surface area contributed by atoms with Gasteiger partial charge in [0.15, 0.2) is 6.17 Å². The summed E-state index contributed by atoms with van der Waals surface area (Å²) in [5, 5.41) is 0. The Hall–Kier alpha value is -0.740. The number of halogens is 3. The maximum Gasteiger partial charge on any atom is 0.309 e. The van der Waals surface area contributed by atoms with E-state index in [-0.39, 0.29) is 24.7 Å². The summed E-state index contributed by atoms with van der Waals surface area (Å²) in [5.74, 6) is 0.176. The van der Waals surface area contributed by atoms with Gasteiger partial charge in [0.25, 0.3) is 0 Å². The largest absolute Gasteiger partial charge is 0.462 e. The van der Waals surface area contributed by atoms with Gasteiger partial charge < -0.3 is 4.74 Å². The fraction of sp³-hybridized carbons (Fsp3) is 0.938. The second kappa shape index (κ2) is 7.50. The third-order valence-electron chi connectivity index (χ3n) is 4.83. The number of alkyl halides is 3. The van der Waals surface area contributed by atoms with Gasteiger partial charge in [-0.1, -0.05) is 19.8 Å². The lowest BCUT2D eigenvalue weighted by Gasteiger charge is -2.32. The first-order valence-electron chi connectivity index (χ1n) is 8.14. The number of rotatable bonds is 4. The van der Waals surface area contributed by atoms with E-state index in [4.69, 9.17) is 4.74 Å². The number of esters is 1. The molecule has 21 heavy (non-hydrogen) atoms. The van der Waals surface area contributed by atoms with Crippen LogP contribution in [0, 0.1) is 11.8 Å². The van der Waals surface area contributed by atoms with Crippen molar-refractivity contribution >= 4 is 5.97 Å². The third kappa shape index (κ3) is 4.36. The number of carbonyl (C=O) groups is 1. The molecule has 0 heterocycles. The molecular formula is C16H25F3O2. The number of hydrogen-bond donors (Lipinski definition) is 0. The van der Waals surface area contributed by atoms with Crippen LogP contribution in [0.2, 0.25) is 0 Å². The Morgan fingerprint density at radius 3 is 2.14 bits per heavy atom. The van der Waals surface area contributed by atoms with Crippen LogP contribution in [0.5, 0.6) is 0 Å². The maximum atomic E-state index is 13.3. The molecule has 0 aromatic heterocycles. The molecule has 0 radical (unpaired) electrons. The zero-order chi connectivity index (χ0) is 15.4. The van der Waals surface area contributed by atoms with Crippen LogP contribution in [0.3, 0.4) is 0 Å². The highest BCUT2D eigenvalue weighted by atomic mass is 19.2. The van der Waals surface area contributed by atoms with Crippen molar-refractivity contribution in [3.63, 3.8) is 0 Å². The van der Waals surface area contributed by atoms with Crippen molar-refractivity contribution in [2.75, 3.05) is 0 Å². The molecule has 0 saturated heterocycles. The summed E-state index contributed by atoms with van der Waals surface area (Å²) >= 11 is 0. The summed E-state index contributed by atoms with van der Waals surface area (Å²) in [6.07, 6.45) is -1.12. The average Bonchev–Trinajstić information content (AvgIpc) is 2.45. The second-order valence-corrected chi connectivity index (χ2v) is 6.51. The number of ether oxygens (including phenoxy) is 1. The SMILES string of the molecule is CCCC1CCC(C(=O)OC2CC(F)C(F)C(F)C2)CC1. The van der Waals surface area contributed by atoms with Crippen molar-refractivity contribution in [1.82, 2.24) is 0 Å². The molecule has 0 bridgehead atoms. The minimum Gasteiger partial charge on any atom is -0.462 e. The molecule has 2 aliphatic rings. The molecule has 2 nitrogen and oxygen atoms in total. The van der Waals surface area contributed by atoms with Crippen LogP contribution in [0.15, 0.2) is 0 Å². The van der Waals surface area contributed by atoms with E-state index in [0.29, 0.717) is 5.92 Å². The smallest absolute Gasteiger partial charge is 0.309 e. The van der Waals surface area contributed by atoms with Crippen molar-refractivity contribution < 1.29 is 22.7 Å². The molecular weight excluding hydrogens is 281 g/mol. The summed E-state index contributed by atoms with van der Waals surface area (Å²) in [6.45, 7) is 2.16. The van der Waals surface area contributed by atoms with E-state index >= 15 is 0 Å². The first-order valence-corrected chi connectivity index (χ1v) is 8.14. The normalized spacial score (nSPS) is 40.8. The Bertz CT molecular complexity index is 330. The molecule has 0 amide bonds. The zero-order valence-corrected chi connectivity index (χ0v) is 12.6. The molecule has 122 valence electrons. The summed E-state index contributed by atoms with van der Waals surface area (Å²) in [6, 6.07) is 0. The fourth-order valence-corrected chi connectivity index (χ4v) is 3.54. The topological polar surface area (TPSA) is 26.3 Å². The monoisotopic (exact) mass is 306 g/mol. The van der Waals surface area contributed by atoms with Gasteiger partial charge >= 0.3 is 5.97 Å². The van der Waals surface area contributed by atoms with E-state index in [2.05, 4.69) is 6.92 Å². The predicted molar refractivity (Wildman–Crippen MR) is 74.2 cm³/mol. The highest BCUT2D eigenvalue weighted by molar-refractivity contribution is 5.72. The molecule has 2 rings (SSSR count). The molecule has 5 heteroatoms. The van der Waals surface area contributed by atoms with Gasteiger partial charge in [0.2, 0.25) is 0 Å². The Labute approximate surface area is 124 Å². The van der Waals surface area contributed by atoms with Gasteiger partial charge in [-0.15, -0.1) is 0 Å². The Morgan fingerprint density at radius 1 is 1.05 bits per heavy atom. The highest BCUT2D eigenvalue weighted by Crippen LogP contribution is 2.34. The molecule has 2 fully saturated rings. The van der Waals surface area contributed by atoms with E-state index in [1.165, 1.54) is 6.42 Å². The van der Waals surface area contributed by atoms with Gasteiger partial charge in [-0.2, -0.15) is 0 Å². The van der Waals surface area contributed by atoms with Gasteiger partial charge in [0.05, 0.1) is 5.92 Å². The molecule has 0 aliphatic heterocycles. The Kier molecular flexibility index (Phi) is 5.94. The molecule has 0 aromatic carbocycles. The standard InChI is InChI=1S/C16H25F3O2/c1-2-3-10-4-6-11(7-5-10)16(20)21-12-8-13(17)15(19)14(18)9-12/h10-15H,2-9H2,1H3. The molecule has 2 aliphatic carbocycles. The van der Waals surface area contributed by atoms with Crippen LogP contribution in [-0.2, 0) is 9.53 Å². The molecule has 2 saturated carbocycles. The lowest BCUT2D eigenvalue weighted by atomic mass is 9.80. The Morgan fingerprint density at radius 2 is 1.62 bits per heavy atom. The van der Waals surface area contributed by atoms with Crippen LogP contribution in [0.25, 0.3) is 0 Å². The first-order chi connectivity index (χ1) is 10.0.